The monoisotopic (exact) mass is 349 g/mol. The zero-order chi connectivity index (χ0) is 17.3. The van der Waals surface area contributed by atoms with Gasteiger partial charge in [0.1, 0.15) is 16.9 Å². The molecule has 8 heteroatoms. The van der Waals surface area contributed by atoms with Gasteiger partial charge in [0.25, 0.3) is 5.91 Å². The molecule has 6 nitrogen and oxygen atoms in total. The summed E-state index contributed by atoms with van der Waals surface area (Å²) in [6.07, 6.45) is -0.00358. The Morgan fingerprint density at radius 3 is 2.88 bits per heavy atom. The van der Waals surface area contributed by atoms with Crippen LogP contribution in [-0.2, 0) is 4.74 Å². The molecule has 0 spiro atoms. The van der Waals surface area contributed by atoms with Crippen molar-refractivity contribution in [3.63, 3.8) is 0 Å². The number of hydrogen-bond donors (Lipinski definition) is 1. The van der Waals surface area contributed by atoms with Gasteiger partial charge in [-0.1, -0.05) is 6.92 Å². The molecule has 1 aromatic carbocycles. The first kappa shape index (κ1) is 16.4. The number of hydrogen-bond acceptors (Lipinski definition) is 5. The molecule has 2 heterocycles. The Labute approximate surface area is 142 Å². The number of anilines is 2. The van der Waals surface area contributed by atoms with Crippen LogP contribution in [0.5, 0.6) is 0 Å². The highest BCUT2D eigenvalue weighted by Crippen LogP contribution is 2.25. The van der Waals surface area contributed by atoms with Gasteiger partial charge in [-0.05, 0) is 49.1 Å². The fourth-order valence-corrected chi connectivity index (χ4v) is 3.06. The van der Waals surface area contributed by atoms with Crippen LogP contribution in [-0.4, -0.2) is 29.0 Å². The third-order valence-corrected chi connectivity index (χ3v) is 4.50. The molecule has 1 saturated heterocycles. The largest absolute Gasteiger partial charge is 0.444 e. The fraction of sp³-hybridized carbons (Fsp3) is 0.312. The van der Waals surface area contributed by atoms with Crippen molar-refractivity contribution in [2.24, 2.45) is 0 Å². The molecule has 126 valence electrons. The molecular formula is C16H16FN3O3S. The van der Waals surface area contributed by atoms with E-state index in [0.29, 0.717) is 23.7 Å². The number of aryl methyl sites for hydroxylation is 1. The molecule has 3 rings (SSSR count). The lowest BCUT2D eigenvalue weighted by Crippen LogP contribution is -2.24. The van der Waals surface area contributed by atoms with E-state index in [0.717, 1.165) is 17.2 Å². The van der Waals surface area contributed by atoms with Crippen molar-refractivity contribution >= 4 is 34.2 Å². The Hall–Kier alpha value is -2.48. The van der Waals surface area contributed by atoms with Gasteiger partial charge in [-0.2, -0.15) is 4.37 Å². The molecule has 2 aromatic rings. The maximum Gasteiger partial charge on any atom is 0.414 e. The van der Waals surface area contributed by atoms with E-state index in [2.05, 4.69) is 9.69 Å². The Morgan fingerprint density at radius 2 is 2.29 bits per heavy atom. The second kappa shape index (κ2) is 6.56. The zero-order valence-corrected chi connectivity index (χ0v) is 14.0. The summed E-state index contributed by atoms with van der Waals surface area (Å²) in [5, 5.41) is 3.16. The van der Waals surface area contributed by atoms with E-state index in [4.69, 9.17) is 4.74 Å². The van der Waals surface area contributed by atoms with Crippen LogP contribution in [0.3, 0.4) is 0 Å². The number of carbonyl (C=O) groups is 2. The maximum absolute atomic E-state index is 14.3. The van der Waals surface area contributed by atoms with Crippen LogP contribution in [0.1, 0.15) is 29.4 Å². The molecule has 1 unspecified atom stereocenters. The zero-order valence-electron chi connectivity index (χ0n) is 13.2. The van der Waals surface area contributed by atoms with Gasteiger partial charge in [0.2, 0.25) is 0 Å². The topological polar surface area (TPSA) is 71.5 Å². The summed E-state index contributed by atoms with van der Waals surface area (Å²) in [6.45, 7) is 4.09. The van der Waals surface area contributed by atoms with Crippen molar-refractivity contribution in [1.29, 1.82) is 0 Å². The van der Waals surface area contributed by atoms with Gasteiger partial charge in [-0.25, -0.2) is 9.18 Å². The highest BCUT2D eigenvalue weighted by Gasteiger charge is 2.31. The summed E-state index contributed by atoms with van der Waals surface area (Å²) in [4.78, 5) is 25.3. The minimum atomic E-state index is -0.695. The van der Waals surface area contributed by atoms with Gasteiger partial charge in [-0.3, -0.25) is 9.69 Å². The molecule has 1 aromatic heterocycles. The summed E-state index contributed by atoms with van der Waals surface area (Å²) >= 11 is 1.13. The van der Waals surface area contributed by atoms with Gasteiger partial charge in [0, 0.05) is 0 Å². The highest BCUT2D eigenvalue weighted by atomic mass is 32.1. The number of amides is 2. The van der Waals surface area contributed by atoms with Crippen molar-refractivity contribution in [1.82, 2.24) is 4.37 Å². The first-order chi connectivity index (χ1) is 11.5. The van der Waals surface area contributed by atoms with Crippen LogP contribution in [0, 0.1) is 12.7 Å². The van der Waals surface area contributed by atoms with Crippen LogP contribution in [0.4, 0.5) is 19.9 Å². The van der Waals surface area contributed by atoms with Crippen LogP contribution >= 0.6 is 11.5 Å². The van der Waals surface area contributed by atoms with Crippen molar-refractivity contribution in [2.45, 2.75) is 26.4 Å². The molecular weight excluding hydrogens is 333 g/mol. The maximum atomic E-state index is 14.3. The predicted molar refractivity (Wildman–Crippen MR) is 89.1 cm³/mol. The number of nitrogens with one attached hydrogen (secondary N) is 1. The smallest absolute Gasteiger partial charge is 0.414 e. The van der Waals surface area contributed by atoms with Gasteiger partial charge < -0.3 is 10.1 Å². The minimum absolute atomic E-state index is 0.0931. The van der Waals surface area contributed by atoms with E-state index in [1.54, 1.807) is 13.0 Å². The number of halogens is 1. The lowest BCUT2D eigenvalue weighted by molar-refractivity contribution is 0.102. The number of cyclic esters (lactones) is 1. The van der Waals surface area contributed by atoms with Gasteiger partial charge >= 0.3 is 6.09 Å². The van der Waals surface area contributed by atoms with E-state index in [-0.39, 0.29) is 11.7 Å². The minimum Gasteiger partial charge on any atom is -0.444 e. The number of ether oxygens (including phenoxy) is 1. The average molecular weight is 349 g/mol. The Balaban J connectivity index is 1.77. The quantitative estimate of drug-likeness (QED) is 0.916. The third kappa shape index (κ3) is 3.23. The van der Waals surface area contributed by atoms with Crippen LogP contribution in [0.15, 0.2) is 24.3 Å². The number of rotatable bonds is 4. The lowest BCUT2D eigenvalue weighted by Gasteiger charge is -2.14. The second-order valence-electron chi connectivity index (χ2n) is 5.48. The summed E-state index contributed by atoms with van der Waals surface area (Å²) in [5.41, 5.74) is 1.06. The summed E-state index contributed by atoms with van der Waals surface area (Å²) in [6, 6.07) is 5.78. The van der Waals surface area contributed by atoms with Crippen molar-refractivity contribution in [2.75, 3.05) is 16.8 Å². The summed E-state index contributed by atoms with van der Waals surface area (Å²) in [5.74, 6) is -1.25. The predicted octanol–water partition coefficient (Wildman–Crippen LogP) is 3.58. The molecule has 0 aliphatic carbocycles. The van der Waals surface area contributed by atoms with Crippen molar-refractivity contribution < 1.29 is 18.7 Å². The first-order valence-corrected chi connectivity index (χ1v) is 8.27. The van der Waals surface area contributed by atoms with E-state index in [9.17, 15) is 14.0 Å². The molecule has 1 N–H and O–H groups in total. The number of carbonyl (C=O) groups excluding carboxylic acids is 2. The normalized spacial score (nSPS) is 17.0. The average Bonchev–Trinajstić information content (AvgIpc) is 3.12. The lowest BCUT2D eigenvalue weighted by atomic mass is 10.1. The van der Waals surface area contributed by atoms with Crippen molar-refractivity contribution in [3.8, 4) is 0 Å². The van der Waals surface area contributed by atoms with E-state index in [1.807, 2.05) is 6.92 Å². The number of nitrogens with zero attached hydrogens (tertiary/aromatic N) is 2. The van der Waals surface area contributed by atoms with Crippen LogP contribution in [0.25, 0.3) is 0 Å². The van der Waals surface area contributed by atoms with E-state index < -0.39 is 17.8 Å². The van der Waals surface area contributed by atoms with Crippen LogP contribution in [0.2, 0.25) is 0 Å². The Morgan fingerprint density at radius 1 is 1.50 bits per heavy atom. The molecule has 1 aliphatic heterocycles. The Kier molecular flexibility index (Phi) is 4.48. The van der Waals surface area contributed by atoms with Gasteiger partial charge in [0.15, 0.2) is 0 Å². The molecule has 24 heavy (non-hydrogen) atoms. The highest BCUT2D eigenvalue weighted by molar-refractivity contribution is 7.10. The van der Waals surface area contributed by atoms with E-state index in [1.165, 1.54) is 23.1 Å². The molecule has 0 radical (unpaired) electrons. The second-order valence-corrected chi connectivity index (χ2v) is 6.28. The fourth-order valence-electron chi connectivity index (χ4n) is 2.40. The third-order valence-electron chi connectivity index (χ3n) is 3.70. The number of aromatic nitrogens is 1. The number of benzene rings is 1. The molecule has 0 saturated carbocycles. The van der Waals surface area contributed by atoms with Gasteiger partial charge in [0.05, 0.1) is 23.5 Å². The summed E-state index contributed by atoms with van der Waals surface area (Å²) in [7, 11) is 0. The van der Waals surface area contributed by atoms with E-state index >= 15 is 0 Å². The molecule has 1 aliphatic rings. The molecule has 0 bridgehead atoms. The van der Waals surface area contributed by atoms with Crippen LogP contribution < -0.4 is 10.2 Å². The molecule has 2 amide bonds. The first-order valence-electron chi connectivity index (χ1n) is 7.50. The van der Waals surface area contributed by atoms with Crippen molar-refractivity contribution in [3.05, 3.63) is 41.3 Å². The Bertz CT molecular complexity index is 793. The summed E-state index contributed by atoms with van der Waals surface area (Å²) < 4.78 is 23.5. The van der Waals surface area contributed by atoms with Gasteiger partial charge in [-0.15, -0.1) is 0 Å². The standard InChI is InChI=1S/C16H16FN3O3S/c1-3-11-8-20(16(22)23-11)10-4-5-12(13(17)7-10)15(21)18-14-6-9(2)19-24-14/h4-7,11H,3,8H2,1-2H3,(H,18,21). The molecule has 1 fully saturated rings. The molecule has 1 atom stereocenters. The SMILES string of the molecule is CCC1CN(c2ccc(C(=O)Nc3cc(C)ns3)c(F)c2)C(=O)O1.